The van der Waals surface area contributed by atoms with Crippen molar-refractivity contribution in [3.8, 4) is 11.5 Å². The van der Waals surface area contributed by atoms with Crippen LogP contribution in [0.5, 0.6) is 11.5 Å². The summed E-state index contributed by atoms with van der Waals surface area (Å²) in [6, 6.07) is 4.59. The molecule has 0 radical (unpaired) electrons. The number of nitrogens with zero attached hydrogens (tertiary/aromatic N) is 1. The molecule has 28 heavy (non-hydrogen) atoms. The Bertz CT molecular complexity index is 1040. The van der Waals surface area contributed by atoms with E-state index in [4.69, 9.17) is 4.74 Å². The lowest BCUT2D eigenvalue weighted by atomic mass is 10.2. The number of halogens is 6. The molecule has 0 amide bonds. The van der Waals surface area contributed by atoms with Crippen LogP contribution in [0.4, 0.5) is 26.3 Å². The summed E-state index contributed by atoms with van der Waals surface area (Å²) in [7, 11) is 1.04. The van der Waals surface area contributed by atoms with Gasteiger partial charge in [0.15, 0.2) is 0 Å². The van der Waals surface area contributed by atoms with E-state index in [2.05, 4.69) is 9.72 Å². The second-order valence-electron chi connectivity index (χ2n) is 5.42. The molecule has 3 rings (SSSR count). The third-order valence-electron chi connectivity index (χ3n) is 3.60. The number of benzene rings is 1. The number of carbonyl (C=O) groups is 1. The lowest BCUT2D eigenvalue weighted by molar-refractivity contribution is -0.141. The van der Waals surface area contributed by atoms with Gasteiger partial charge in [0.1, 0.15) is 27.6 Å². The Morgan fingerprint density at radius 3 is 2.32 bits per heavy atom. The van der Waals surface area contributed by atoms with Crippen molar-refractivity contribution in [3.05, 3.63) is 51.8 Å². The maximum Gasteiger partial charge on any atom is 0.433 e. The molecule has 0 aliphatic rings. The number of esters is 1. The maximum atomic E-state index is 13.2. The molecule has 4 nitrogen and oxygen atoms in total. The van der Waals surface area contributed by atoms with Crippen molar-refractivity contribution in [3.63, 3.8) is 0 Å². The molecule has 0 saturated carbocycles. The fourth-order valence-electron chi connectivity index (χ4n) is 2.37. The predicted molar refractivity (Wildman–Crippen MR) is 87.5 cm³/mol. The predicted octanol–water partition coefficient (Wildman–Crippen LogP) is 5.91. The molecular weight excluding hydrogens is 412 g/mol. The van der Waals surface area contributed by atoms with Crippen LogP contribution in [0.3, 0.4) is 0 Å². The molecule has 0 saturated heterocycles. The van der Waals surface area contributed by atoms with Gasteiger partial charge in [-0.3, -0.25) is 0 Å². The number of aromatic nitrogens is 1. The van der Waals surface area contributed by atoms with Gasteiger partial charge < -0.3 is 9.47 Å². The standard InChI is InChI=1S/C17H9F6NO3S/c1-26-15(25)14-13-8(7-28-14)11(6-12(24-13)17(21,22)23)27-10-5-3-2-4-9(10)16(18,19)20/h2-7H,1H3. The van der Waals surface area contributed by atoms with E-state index < -0.39 is 41.1 Å². The van der Waals surface area contributed by atoms with Crippen molar-refractivity contribution in [2.75, 3.05) is 7.11 Å². The van der Waals surface area contributed by atoms with Crippen LogP contribution < -0.4 is 4.74 Å². The summed E-state index contributed by atoms with van der Waals surface area (Å²) in [6.45, 7) is 0. The molecule has 0 spiro atoms. The van der Waals surface area contributed by atoms with Crippen LogP contribution in [0, 0.1) is 0 Å². The highest BCUT2D eigenvalue weighted by Gasteiger charge is 2.36. The van der Waals surface area contributed by atoms with Gasteiger partial charge >= 0.3 is 18.3 Å². The second kappa shape index (κ2) is 6.97. The first-order valence-corrected chi connectivity index (χ1v) is 8.32. The Kier molecular flexibility index (Phi) is 4.96. The van der Waals surface area contributed by atoms with Gasteiger partial charge in [-0.15, -0.1) is 11.3 Å². The van der Waals surface area contributed by atoms with Gasteiger partial charge in [0.2, 0.25) is 0 Å². The first-order valence-electron chi connectivity index (χ1n) is 7.44. The van der Waals surface area contributed by atoms with Crippen LogP contribution in [0.15, 0.2) is 35.7 Å². The Labute approximate surface area is 157 Å². The molecule has 0 N–H and O–H groups in total. The van der Waals surface area contributed by atoms with Crippen molar-refractivity contribution < 1.29 is 40.6 Å². The quantitative estimate of drug-likeness (QED) is 0.390. The number of para-hydroxylation sites is 1. The summed E-state index contributed by atoms with van der Waals surface area (Å²) in [6.07, 6.45) is -9.69. The molecular formula is C17H9F6NO3S. The molecule has 148 valence electrons. The Morgan fingerprint density at radius 1 is 1.04 bits per heavy atom. The summed E-state index contributed by atoms with van der Waals surface area (Å²) in [5, 5.41) is 1.22. The number of methoxy groups -OCH3 is 1. The number of carbonyl (C=O) groups excluding carboxylic acids is 1. The highest BCUT2D eigenvalue weighted by Crippen LogP contribution is 2.42. The van der Waals surface area contributed by atoms with E-state index >= 15 is 0 Å². The number of alkyl halides is 6. The fourth-order valence-corrected chi connectivity index (χ4v) is 3.28. The van der Waals surface area contributed by atoms with E-state index in [0.717, 1.165) is 36.6 Å². The lowest BCUT2D eigenvalue weighted by Gasteiger charge is -2.15. The third kappa shape index (κ3) is 3.75. The van der Waals surface area contributed by atoms with Crippen molar-refractivity contribution in [2.24, 2.45) is 0 Å². The number of thiophene rings is 1. The highest BCUT2D eigenvalue weighted by atomic mass is 32.1. The largest absolute Gasteiger partial charge is 0.465 e. The number of hydrogen-bond acceptors (Lipinski definition) is 5. The van der Waals surface area contributed by atoms with Crippen LogP contribution in [0.1, 0.15) is 20.9 Å². The zero-order valence-corrected chi connectivity index (χ0v) is 14.6. The summed E-state index contributed by atoms with van der Waals surface area (Å²) >= 11 is 0.743. The summed E-state index contributed by atoms with van der Waals surface area (Å²) in [5.41, 5.74) is -2.94. The van der Waals surface area contributed by atoms with Crippen LogP contribution in [0.2, 0.25) is 0 Å². The molecule has 3 aromatic rings. The monoisotopic (exact) mass is 421 g/mol. The van der Waals surface area contributed by atoms with E-state index in [1.807, 2.05) is 0 Å². The van der Waals surface area contributed by atoms with Gasteiger partial charge in [-0.05, 0) is 12.1 Å². The zero-order chi connectivity index (χ0) is 20.7. The Morgan fingerprint density at radius 2 is 1.71 bits per heavy atom. The molecule has 0 bridgehead atoms. The maximum absolute atomic E-state index is 13.2. The molecule has 1 aromatic carbocycles. The summed E-state index contributed by atoms with van der Waals surface area (Å²) in [4.78, 5) is 15.0. The van der Waals surface area contributed by atoms with Crippen molar-refractivity contribution >= 4 is 28.2 Å². The van der Waals surface area contributed by atoms with E-state index in [9.17, 15) is 31.1 Å². The molecule has 11 heteroatoms. The van der Waals surface area contributed by atoms with Gasteiger partial charge in [-0.2, -0.15) is 26.3 Å². The molecule has 0 unspecified atom stereocenters. The molecule has 0 fully saturated rings. The van der Waals surface area contributed by atoms with Gasteiger partial charge in [0.05, 0.1) is 18.1 Å². The van der Waals surface area contributed by atoms with Crippen molar-refractivity contribution in [2.45, 2.75) is 12.4 Å². The van der Waals surface area contributed by atoms with Crippen LogP contribution >= 0.6 is 11.3 Å². The lowest BCUT2D eigenvalue weighted by Crippen LogP contribution is -2.10. The number of fused-ring (bicyclic) bond motifs is 1. The van der Waals surface area contributed by atoms with Crippen molar-refractivity contribution in [1.29, 1.82) is 0 Å². The number of hydrogen-bond donors (Lipinski definition) is 0. The average Bonchev–Trinajstić information content (AvgIpc) is 3.04. The minimum Gasteiger partial charge on any atom is -0.465 e. The Balaban J connectivity index is 2.21. The molecule has 0 atom stereocenters. The van der Waals surface area contributed by atoms with E-state index in [1.165, 1.54) is 11.4 Å². The summed E-state index contributed by atoms with van der Waals surface area (Å²) < 4.78 is 88.8. The van der Waals surface area contributed by atoms with Gasteiger partial charge in [-0.25, -0.2) is 9.78 Å². The normalized spacial score (nSPS) is 12.2. The van der Waals surface area contributed by atoms with Crippen LogP contribution in [-0.4, -0.2) is 18.1 Å². The van der Waals surface area contributed by atoms with Crippen LogP contribution in [-0.2, 0) is 17.1 Å². The fraction of sp³-hybridized carbons (Fsp3) is 0.176. The zero-order valence-electron chi connectivity index (χ0n) is 13.8. The smallest absolute Gasteiger partial charge is 0.433 e. The topological polar surface area (TPSA) is 48.4 Å². The van der Waals surface area contributed by atoms with Gasteiger partial charge in [0.25, 0.3) is 0 Å². The van der Waals surface area contributed by atoms with Crippen LogP contribution in [0.25, 0.3) is 10.9 Å². The summed E-state index contributed by atoms with van der Waals surface area (Å²) in [5.74, 6) is -2.12. The first-order chi connectivity index (χ1) is 13.0. The van der Waals surface area contributed by atoms with E-state index in [1.54, 1.807) is 0 Å². The molecule has 2 aromatic heterocycles. The average molecular weight is 421 g/mol. The SMILES string of the molecule is COC(=O)c1scc2c(Oc3ccccc3C(F)(F)F)cc(C(F)(F)F)nc12. The van der Waals surface area contributed by atoms with Crippen molar-refractivity contribution in [1.82, 2.24) is 4.98 Å². The number of pyridine rings is 1. The van der Waals surface area contributed by atoms with E-state index in [0.29, 0.717) is 6.07 Å². The second-order valence-corrected chi connectivity index (χ2v) is 6.30. The molecule has 0 aliphatic carbocycles. The minimum absolute atomic E-state index is 0.0459. The molecule has 2 heterocycles. The highest BCUT2D eigenvalue weighted by molar-refractivity contribution is 7.13. The van der Waals surface area contributed by atoms with Gasteiger partial charge in [0, 0.05) is 11.4 Å². The molecule has 0 aliphatic heterocycles. The minimum atomic E-state index is -4.91. The number of ether oxygens (including phenoxy) is 2. The van der Waals surface area contributed by atoms with E-state index in [-0.39, 0.29) is 15.8 Å². The van der Waals surface area contributed by atoms with Gasteiger partial charge in [-0.1, -0.05) is 12.1 Å². The Hall–Kier alpha value is -2.82. The first kappa shape index (κ1) is 19.9. The third-order valence-corrected chi connectivity index (χ3v) is 4.55. The number of rotatable bonds is 3.